The molecule has 0 unspecified atom stereocenters. The average molecular weight is 326 g/mol. The third-order valence-electron chi connectivity index (χ3n) is 2.68. The van der Waals surface area contributed by atoms with Gasteiger partial charge in [0.25, 0.3) is 5.69 Å². The zero-order valence-electron chi connectivity index (χ0n) is 9.71. The molecule has 0 saturated carbocycles. The van der Waals surface area contributed by atoms with Crippen LogP contribution in [-0.2, 0) is 0 Å². The van der Waals surface area contributed by atoms with E-state index in [1.165, 1.54) is 31.4 Å². The predicted octanol–water partition coefficient (Wildman–Crippen LogP) is 3.22. The Hall–Kier alpha value is -2.15. The molecule has 0 spiro atoms. The Morgan fingerprint density at radius 2 is 2.05 bits per heavy atom. The van der Waals surface area contributed by atoms with Crippen molar-refractivity contribution in [3.8, 4) is 5.75 Å². The van der Waals surface area contributed by atoms with E-state index in [-0.39, 0.29) is 17.0 Å². The van der Waals surface area contributed by atoms with Crippen LogP contribution < -0.4 is 4.74 Å². The molecule has 6 nitrogen and oxygen atoms in total. The molecule has 2 aromatic carbocycles. The first kappa shape index (κ1) is 13.3. The number of fused-ring (bicyclic) bond motifs is 1. The van der Waals surface area contributed by atoms with E-state index in [1.807, 2.05) is 0 Å². The van der Waals surface area contributed by atoms with Crippen molar-refractivity contribution in [2.24, 2.45) is 0 Å². The fourth-order valence-electron chi connectivity index (χ4n) is 1.78. The van der Waals surface area contributed by atoms with Gasteiger partial charge in [0.15, 0.2) is 0 Å². The molecule has 0 heterocycles. The lowest BCUT2D eigenvalue weighted by Gasteiger charge is -2.10. The molecule has 0 fully saturated rings. The van der Waals surface area contributed by atoms with Crippen LogP contribution in [0.5, 0.6) is 5.75 Å². The fourth-order valence-corrected chi connectivity index (χ4v) is 2.41. The normalized spacial score (nSPS) is 10.4. The minimum atomic E-state index is -1.11. The number of benzene rings is 2. The summed E-state index contributed by atoms with van der Waals surface area (Å²) in [7, 11) is 1.38. The molecule has 2 aromatic rings. The number of halogens is 1. The van der Waals surface area contributed by atoms with Crippen LogP contribution >= 0.6 is 15.9 Å². The summed E-state index contributed by atoms with van der Waals surface area (Å²) in [5, 5.41) is 20.9. The predicted molar refractivity (Wildman–Crippen MR) is 71.8 cm³/mol. The summed E-state index contributed by atoms with van der Waals surface area (Å²) in [6.45, 7) is 0. The number of nitro benzene ring substituents is 1. The van der Waals surface area contributed by atoms with Gasteiger partial charge in [-0.15, -0.1) is 0 Å². The van der Waals surface area contributed by atoms with Crippen molar-refractivity contribution in [2.75, 3.05) is 7.11 Å². The Kier molecular flexibility index (Phi) is 3.39. The number of nitrogens with zero attached hydrogens (tertiary/aromatic N) is 1. The maximum Gasteiger partial charge on any atom is 0.337 e. The van der Waals surface area contributed by atoms with Gasteiger partial charge < -0.3 is 9.84 Å². The maximum absolute atomic E-state index is 11.1. The van der Waals surface area contributed by atoms with Gasteiger partial charge >= 0.3 is 5.97 Å². The van der Waals surface area contributed by atoms with Gasteiger partial charge in [-0.3, -0.25) is 10.1 Å². The lowest BCUT2D eigenvalue weighted by Crippen LogP contribution is -2.00. The highest BCUT2D eigenvalue weighted by molar-refractivity contribution is 9.10. The number of carboxylic acid groups (broad SMARTS) is 1. The number of ether oxygens (including phenoxy) is 1. The second-order valence-corrected chi connectivity index (χ2v) is 4.53. The minimum Gasteiger partial charge on any atom is -0.496 e. The van der Waals surface area contributed by atoms with Crippen LogP contribution in [0.3, 0.4) is 0 Å². The zero-order valence-corrected chi connectivity index (χ0v) is 11.3. The Morgan fingerprint density at radius 1 is 1.37 bits per heavy atom. The highest BCUT2D eigenvalue weighted by atomic mass is 79.9. The first-order valence-corrected chi connectivity index (χ1v) is 5.93. The van der Waals surface area contributed by atoms with E-state index in [1.54, 1.807) is 0 Å². The molecule has 0 aromatic heterocycles. The highest BCUT2D eigenvalue weighted by Gasteiger charge is 2.18. The summed E-state index contributed by atoms with van der Waals surface area (Å²) in [5.41, 5.74) is -0.0426. The molecule has 19 heavy (non-hydrogen) atoms. The summed E-state index contributed by atoms with van der Waals surface area (Å²) < 4.78 is 5.47. The third kappa shape index (κ3) is 2.24. The Bertz CT molecular complexity index is 698. The van der Waals surface area contributed by atoms with Crippen LogP contribution in [0.4, 0.5) is 5.69 Å². The summed E-state index contributed by atoms with van der Waals surface area (Å²) in [6.07, 6.45) is 0. The number of nitro groups is 1. The number of carboxylic acids is 1. The van der Waals surface area contributed by atoms with Gasteiger partial charge in [-0.05, 0) is 28.1 Å². The topological polar surface area (TPSA) is 89.7 Å². The van der Waals surface area contributed by atoms with Crippen molar-refractivity contribution in [3.05, 3.63) is 44.4 Å². The van der Waals surface area contributed by atoms with E-state index < -0.39 is 10.9 Å². The van der Waals surface area contributed by atoms with Crippen LogP contribution in [0.2, 0.25) is 0 Å². The fraction of sp³-hybridized carbons (Fsp3) is 0.0833. The summed E-state index contributed by atoms with van der Waals surface area (Å²) in [6, 6.07) is 5.49. The van der Waals surface area contributed by atoms with Crippen molar-refractivity contribution in [1.82, 2.24) is 0 Å². The molecule has 0 aliphatic carbocycles. The molecule has 2 rings (SSSR count). The summed E-state index contributed by atoms with van der Waals surface area (Å²) in [4.78, 5) is 21.4. The van der Waals surface area contributed by atoms with Gasteiger partial charge in [0.05, 0.1) is 17.6 Å². The second kappa shape index (κ2) is 4.85. The van der Waals surface area contributed by atoms with Crippen LogP contribution in [0.1, 0.15) is 10.4 Å². The van der Waals surface area contributed by atoms with E-state index in [9.17, 15) is 14.9 Å². The minimum absolute atomic E-state index is 0.0400. The van der Waals surface area contributed by atoms with E-state index >= 15 is 0 Å². The molecule has 0 atom stereocenters. The lowest BCUT2D eigenvalue weighted by atomic mass is 10.0. The Labute approximate surface area is 115 Å². The van der Waals surface area contributed by atoms with Crippen LogP contribution in [0.15, 0.2) is 28.7 Å². The molecule has 0 bridgehead atoms. The molecule has 1 N–H and O–H groups in total. The van der Waals surface area contributed by atoms with E-state index in [2.05, 4.69) is 15.9 Å². The van der Waals surface area contributed by atoms with Crippen LogP contribution in [0.25, 0.3) is 10.8 Å². The molecule has 7 heteroatoms. The molecular weight excluding hydrogens is 318 g/mol. The van der Waals surface area contributed by atoms with Crippen LogP contribution in [0, 0.1) is 10.1 Å². The summed E-state index contributed by atoms with van der Waals surface area (Å²) >= 11 is 3.20. The number of aromatic carboxylic acids is 1. The first-order valence-electron chi connectivity index (χ1n) is 5.13. The molecular formula is C12H8BrNO5. The largest absolute Gasteiger partial charge is 0.496 e. The van der Waals surface area contributed by atoms with Crippen molar-refractivity contribution >= 4 is 38.4 Å². The quantitative estimate of drug-likeness (QED) is 0.691. The van der Waals surface area contributed by atoms with Crippen molar-refractivity contribution in [2.45, 2.75) is 0 Å². The number of hydrogen-bond acceptors (Lipinski definition) is 4. The van der Waals surface area contributed by atoms with Gasteiger partial charge in [0, 0.05) is 27.4 Å². The molecule has 0 saturated heterocycles. The monoisotopic (exact) mass is 325 g/mol. The smallest absolute Gasteiger partial charge is 0.337 e. The number of carbonyl (C=O) groups is 1. The van der Waals surface area contributed by atoms with Gasteiger partial charge in [0.2, 0.25) is 0 Å². The Balaban J connectivity index is 2.86. The number of rotatable bonds is 3. The van der Waals surface area contributed by atoms with Crippen molar-refractivity contribution in [3.63, 3.8) is 0 Å². The van der Waals surface area contributed by atoms with Crippen molar-refractivity contribution in [1.29, 1.82) is 0 Å². The standard InChI is InChI=1S/C12H8BrNO5/c1-19-10-5-9(12(15)16)11(13)7-3-2-6(14(17)18)4-8(7)10/h2-5H,1H3,(H,15,16). The first-order chi connectivity index (χ1) is 8.95. The molecule has 0 aliphatic rings. The lowest BCUT2D eigenvalue weighted by molar-refractivity contribution is -0.384. The summed E-state index contributed by atoms with van der Waals surface area (Å²) in [5.74, 6) is -0.829. The van der Waals surface area contributed by atoms with E-state index in [0.29, 0.717) is 15.2 Å². The second-order valence-electron chi connectivity index (χ2n) is 3.73. The number of non-ortho nitro benzene ring substituents is 1. The third-order valence-corrected chi connectivity index (χ3v) is 3.53. The zero-order chi connectivity index (χ0) is 14.2. The van der Waals surface area contributed by atoms with Crippen molar-refractivity contribution < 1.29 is 19.6 Å². The molecule has 98 valence electrons. The molecule has 0 radical (unpaired) electrons. The van der Waals surface area contributed by atoms with Crippen LogP contribution in [-0.4, -0.2) is 23.1 Å². The number of hydrogen-bond donors (Lipinski definition) is 1. The average Bonchev–Trinajstić information content (AvgIpc) is 2.38. The number of methoxy groups -OCH3 is 1. The van der Waals surface area contributed by atoms with E-state index in [0.717, 1.165) is 0 Å². The highest BCUT2D eigenvalue weighted by Crippen LogP contribution is 2.36. The molecule has 0 aliphatic heterocycles. The van der Waals surface area contributed by atoms with Gasteiger partial charge in [-0.1, -0.05) is 0 Å². The van der Waals surface area contributed by atoms with Gasteiger partial charge in [-0.25, -0.2) is 4.79 Å². The maximum atomic E-state index is 11.1. The van der Waals surface area contributed by atoms with E-state index in [4.69, 9.17) is 9.84 Å². The Morgan fingerprint density at radius 3 is 2.58 bits per heavy atom. The molecule has 0 amide bonds. The SMILES string of the molecule is COc1cc(C(=O)O)c(Br)c2ccc([N+](=O)[O-])cc12. The van der Waals surface area contributed by atoms with Gasteiger partial charge in [0.1, 0.15) is 5.75 Å². The van der Waals surface area contributed by atoms with Gasteiger partial charge in [-0.2, -0.15) is 0 Å².